The van der Waals surface area contributed by atoms with Crippen molar-refractivity contribution in [3.05, 3.63) is 29.0 Å². The highest BCUT2D eigenvalue weighted by molar-refractivity contribution is 9.10. The Morgan fingerprint density at radius 3 is 2.94 bits per heavy atom. The van der Waals surface area contributed by atoms with E-state index in [2.05, 4.69) is 30.7 Å². The largest absolute Gasteiger partial charge is 0.496 e. The molecule has 0 N–H and O–H groups in total. The number of ether oxygens (including phenoxy) is 1. The Bertz CT molecular complexity index is 548. The van der Waals surface area contributed by atoms with Crippen molar-refractivity contribution < 1.29 is 4.74 Å². The summed E-state index contributed by atoms with van der Waals surface area (Å²) < 4.78 is 8.52. The molecule has 1 aromatic carbocycles. The molecule has 0 saturated heterocycles. The molecule has 3 rings (SSSR count). The van der Waals surface area contributed by atoms with Crippen LogP contribution >= 0.6 is 15.9 Å². The number of aromatic nitrogens is 3. The van der Waals surface area contributed by atoms with Crippen LogP contribution in [-0.2, 0) is 0 Å². The molecule has 88 valence electrons. The summed E-state index contributed by atoms with van der Waals surface area (Å²) in [7, 11) is 1.67. The van der Waals surface area contributed by atoms with E-state index in [0.29, 0.717) is 6.04 Å². The number of benzene rings is 1. The summed E-state index contributed by atoms with van der Waals surface area (Å²) in [5.74, 6) is 1.70. The fourth-order valence-corrected chi connectivity index (χ4v) is 2.25. The molecule has 0 unspecified atom stereocenters. The van der Waals surface area contributed by atoms with Crippen LogP contribution in [-0.4, -0.2) is 21.9 Å². The highest BCUT2D eigenvalue weighted by atomic mass is 79.9. The van der Waals surface area contributed by atoms with Gasteiger partial charge in [0.25, 0.3) is 0 Å². The van der Waals surface area contributed by atoms with E-state index in [0.717, 1.165) is 21.6 Å². The molecule has 1 heterocycles. The number of rotatable bonds is 3. The summed E-state index contributed by atoms with van der Waals surface area (Å²) in [6.07, 6.45) is 4.22. The first kappa shape index (κ1) is 10.8. The van der Waals surface area contributed by atoms with Crippen molar-refractivity contribution in [3.63, 3.8) is 0 Å². The first-order valence-electron chi connectivity index (χ1n) is 5.53. The van der Waals surface area contributed by atoms with Gasteiger partial charge in [0.1, 0.15) is 12.1 Å². The van der Waals surface area contributed by atoms with Gasteiger partial charge in [-0.05, 0) is 31.0 Å². The average molecular weight is 294 g/mol. The zero-order valence-corrected chi connectivity index (χ0v) is 11.0. The molecule has 5 heteroatoms. The first-order chi connectivity index (χ1) is 8.29. The van der Waals surface area contributed by atoms with Crippen molar-refractivity contribution in [1.82, 2.24) is 14.8 Å². The highest BCUT2D eigenvalue weighted by Gasteiger charge is 2.27. The lowest BCUT2D eigenvalue weighted by atomic mass is 10.2. The van der Waals surface area contributed by atoms with E-state index in [9.17, 15) is 0 Å². The zero-order chi connectivity index (χ0) is 11.8. The van der Waals surface area contributed by atoms with Crippen LogP contribution < -0.4 is 4.74 Å². The molecule has 0 radical (unpaired) electrons. The van der Waals surface area contributed by atoms with Crippen molar-refractivity contribution in [2.45, 2.75) is 18.9 Å². The maximum absolute atomic E-state index is 5.39. The monoisotopic (exact) mass is 293 g/mol. The molecule has 1 aliphatic rings. The van der Waals surface area contributed by atoms with Gasteiger partial charge in [-0.15, -0.1) is 10.2 Å². The standard InChI is InChI=1S/C12H12BrN3O/c1-17-11-6-8(13)2-5-10(11)12-15-14-7-16(12)9-3-4-9/h2,5-7,9H,3-4H2,1H3. The lowest BCUT2D eigenvalue weighted by molar-refractivity contribution is 0.415. The minimum Gasteiger partial charge on any atom is -0.496 e. The molecule has 2 aromatic rings. The van der Waals surface area contributed by atoms with Crippen LogP contribution in [0.15, 0.2) is 29.0 Å². The van der Waals surface area contributed by atoms with Crippen molar-refractivity contribution >= 4 is 15.9 Å². The molecule has 1 aromatic heterocycles. The van der Waals surface area contributed by atoms with Gasteiger partial charge >= 0.3 is 0 Å². The van der Waals surface area contributed by atoms with Crippen molar-refractivity contribution in [1.29, 1.82) is 0 Å². The van der Waals surface area contributed by atoms with E-state index in [-0.39, 0.29) is 0 Å². The van der Waals surface area contributed by atoms with Gasteiger partial charge < -0.3 is 9.30 Å². The Balaban J connectivity index is 2.10. The Kier molecular flexibility index (Phi) is 2.63. The van der Waals surface area contributed by atoms with Gasteiger partial charge in [-0.25, -0.2) is 0 Å². The molecule has 0 aliphatic heterocycles. The third-order valence-electron chi connectivity index (χ3n) is 2.92. The summed E-state index contributed by atoms with van der Waals surface area (Å²) in [5.41, 5.74) is 0.986. The quantitative estimate of drug-likeness (QED) is 0.873. The van der Waals surface area contributed by atoms with E-state index in [1.807, 2.05) is 18.2 Å². The molecule has 0 bridgehead atoms. The Hall–Kier alpha value is -1.36. The van der Waals surface area contributed by atoms with Crippen LogP contribution in [0.5, 0.6) is 5.75 Å². The lowest BCUT2D eigenvalue weighted by Gasteiger charge is -2.09. The Morgan fingerprint density at radius 2 is 2.24 bits per heavy atom. The maximum atomic E-state index is 5.39. The van der Waals surface area contributed by atoms with Crippen LogP contribution in [0.25, 0.3) is 11.4 Å². The predicted octanol–water partition coefficient (Wildman–Crippen LogP) is 3.05. The van der Waals surface area contributed by atoms with E-state index in [1.165, 1.54) is 12.8 Å². The van der Waals surface area contributed by atoms with Gasteiger partial charge in [0.15, 0.2) is 5.82 Å². The second-order valence-electron chi connectivity index (χ2n) is 4.14. The van der Waals surface area contributed by atoms with Crippen LogP contribution in [0, 0.1) is 0 Å². The SMILES string of the molecule is COc1cc(Br)ccc1-c1nncn1C1CC1. The van der Waals surface area contributed by atoms with Crippen molar-refractivity contribution in [2.24, 2.45) is 0 Å². The van der Waals surface area contributed by atoms with Crippen LogP contribution in [0.2, 0.25) is 0 Å². The molecule has 4 nitrogen and oxygen atoms in total. The minimum absolute atomic E-state index is 0.563. The molecular weight excluding hydrogens is 282 g/mol. The third kappa shape index (κ3) is 1.95. The van der Waals surface area contributed by atoms with E-state index in [1.54, 1.807) is 13.4 Å². The van der Waals surface area contributed by atoms with Crippen LogP contribution in [0.1, 0.15) is 18.9 Å². The van der Waals surface area contributed by atoms with Gasteiger partial charge in [-0.3, -0.25) is 0 Å². The zero-order valence-electron chi connectivity index (χ0n) is 9.43. The molecule has 0 amide bonds. The second-order valence-corrected chi connectivity index (χ2v) is 5.05. The van der Waals surface area contributed by atoms with Crippen LogP contribution in [0.4, 0.5) is 0 Å². The Labute approximate surface area is 108 Å². The van der Waals surface area contributed by atoms with E-state index < -0.39 is 0 Å². The molecule has 1 aliphatic carbocycles. The first-order valence-corrected chi connectivity index (χ1v) is 6.32. The van der Waals surface area contributed by atoms with Gasteiger partial charge in [-0.2, -0.15) is 0 Å². The molecule has 1 fully saturated rings. The van der Waals surface area contributed by atoms with Gasteiger partial charge in [-0.1, -0.05) is 15.9 Å². The smallest absolute Gasteiger partial charge is 0.167 e. The third-order valence-corrected chi connectivity index (χ3v) is 3.41. The molecule has 0 atom stereocenters. The van der Waals surface area contributed by atoms with Crippen LogP contribution in [0.3, 0.4) is 0 Å². The fourth-order valence-electron chi connectivity index (χ4n) is 1.91. The predicted molar refractivity (Wildman–Crippen MR) is 68.0 cm³/mol. The maximum Gasteiger partial charge on any atom is 0.167 e. The number of nitrogens with zero attached hydrogens (tertiary/aromatic N) is 3. The summed E-state index contributed by atoms with van der Waals surface area (Å²) in [5, 5.41) is 8.21. The van der Waals surface area contributed by atoms with Gasteiger partial charge in [0.05, 0.1) is 12.7 Å². The number of halogens is 1. The lowest BCUT2D eigenvalue weighted by Crippen LogP contribution is -1.98. The van der Waals surface area contributed by atoms with E-state index >= 15 is 0 Å². The highest BCUT2D eigenvalue weighted by Crippen LogP contribution is 2.39. The van der Waals surface area contributed by atoms with Crippen molar-refractivity contribution in [3.8, 4) is 17.1 Å². The van der Waals surface area contributed by atoms with E-state index in [4.69, 9.17) is 4.74 Å². The average Bonchev–Trinajstić information content (AvgIpc) is 3.07. The summed E-state index contributed by atoms with van der Waals surface area (Å²) in [4.78, 5) is 0. The molecule has 0 spiro atoms. The van der Waals surface area contributed by atoms with Gasteiger partial charge in [0, 0.05) is 10.5 Å². The summed E-state index contributed by atoms with van der Waals surface area (Å²) in [6.45, 7) is 0. The summed E-state index contributed by atoms with van der Waals surface area (Å²) in [6, 6.07) is 6.50. The fraction of sp³-hybridized carbons (Fsp3) is 0.333. The Morgan fingerprint density at radius 1 is 1.41 bits per heavy atom. The molecule has 17 heavy (non-hydrogen) atoms. The minimum atomic E-state index is 0.563. The van der Waals surface area contributed by atoms with Crippen molar-refractivity contribution in [2.75, 3.05) is 7.11 Å². The normalized spacial score (nSPS) is 14.9. The molecule has 1 saturated carbocycles. The number of methoxy groups -OCH3 is 1. The topological polar surface area (TPSA) is 39.9 Å². The van der Waals surface area contributed by atoms with Gasteiger partial charge in [0.2, 0.25) is 0 Å². The second kappa shape index (κ2) is 4.14. The summed E-state index contributed by atoms with van der Waals surface area (Å²) >= 11 is 3.44. The number of hydrogen-bond acceptors (Lipinski definition) is 3. The molecular formula is C12H12BrN3O. The number of hydrogen-bond donors (Lipinski definition) is 0.